The van der Waals surface area contributed by atoms with Gasteiger partial charge in [-0.15, -0.1) is 0 Å². The van der Waals surface area contributed by atoms with E-state index in [0.717, 1.165) is 24.2 Å². The fourth-order valence-corrected chi connectivity index (χ4v) is 5.49. The van der Waals surface area contributed by atoms with Crippen LogP contribution in [-0.4, -0.2) is 85.3 Å². The van der Waals surface area contributed by atoms with E-state index in [1.165, 1.54) is 12.0 Å². The Bertz CT molecular complexity index is 1450. The third kappa shape index (κ3) is 4.28. The number of fused-ring (bicyclic) bond motifs is 2. The normalized spacial score (nSPS) is 22.7. The lowest BCUT2D eigenvalue weighted by molar-refractivity contribution is -0.128. The number of ether oxygens (including phenoxy) is 1. The number of hydrogen-bond acceptors (Lipinski definition) is 7. The molecule has 2 aromatic rings. The Morgan fingerprint density at radius 2 is 1.87 bits per heavy atom. The van der Waals surface area contributed by atoms with Crippen molar-refractivity contribution < 1.29 is 28.3 Å². The van der Waals surface area contributed by atoms with E-state index in [9.17, 15) is 19.2 Å². The van der Waals surface area contributed by atoms with Crippen molar-refractivity contribution in [3.05, 3.63) is 70.2 Å². The zero-order valence-corrected chi connectivity index (χ0v) is 21.8. The molecule has 2 saturated heterocycles. The minimum atomic E-state index is -1.60. The van der Waals surface area contributed by atoms with Gasteiger partial charge in [0.1, 0.15) is 17.3 Å². The molecule has 1 aromatic carbocycles. The summed E-state index contributed by atoms with van der Waals surface area (Å²) >= 11 is 0. The van der Waals surface area contributed by atoms with Crippen molar-refractivity contribution >= 4 is 29.8 Å². The summed E-state index contributed by atoms with van der Waals surface area (Å²) in [6.45, 7) is 3.19. The van der Waals surface area contributed by atoms with E-state index in [0.29, 0.717) is 42.2 Å². The van der Waals surface area contributed by atoms with Gasteiger partial charge in [0.2, 0.25) is 0 Å². The molecule has 6 rings (SSSR count). The Hall–Kier alpha value is -4.38. The molecule has 4 aliphatic rings. The molecule has 0 unspecified atom stereocenters. The molecule has 3 aliphatic heterocycles. The van der Waals surface area contributed by atoms with Crippen LogP contribution < -0.4 is 15.4 Å². The molecule has 4 heterocycles. The number of benzene rings is 1. The summed E-state index contributed by atoms with van der Waals surface area (Å²) in [5.74, 6) is 0.405. The van der Waals surface area contributed by atoms with E-state index in [4.69, 9.17) is 9.15 Å². The number of amides is 5. The highest BCUT2D eigenvalue weighted by molar-refractivity contribution is 6.08. The highest BCUT2D eigenvalue weighted by Gasteiger charge is 2.53. The summed E-state index contributed by atoms with van der Waals surface area (Å²) in [5.41, 5.74) is 1.07. The first-order valence-corrected chi connectivity index (χ1v) is 12.9. The smallest absolute Gasteiger partial charge is 0.322 e. The van der Waals surface area contributed by atoms with Gasteiger partial charge in [-0.2, -0.15) is 0 Å². The lowest BCUT2D eigenvalue weighted by Crippen LogP contribution is -2.52. The van der Waals surface area contributed by atoms with Gasteiger partial charge < -0.3 is 29.2 Å². The number of furan rings is 1. The molecule has 1 aliphatic carbocycles. The average molecular weight is 532 g/mol. The van der Waals surface area contributed by atoms with Crippen LogP contribution in [0.4, 0.5) is 4.79 Å². The maximum atomic E-state index is 13.2. The molecule has 39 heavy (non-hydrogen) atoms. The Balaban J connectivity index is 1.25. The first-order valence-electron chi connectivity index (χ1n) is 12.9. The Morgan fingerprint density at radius 1 is 1.08 bits per heavy atom. The zero-order chi connectivity index (χ0) is 27.3. The predicted molar refractivity (Wildman–Crippen MR) is 140 cm³/mol. The fourth-order valence-electron chi connectivity index (χ4n) is 5.49. The van der Waals surface area contributed by atoms with Crippen LogP contribution in [0.1, 0.15) is 33.0 Å². The molecule has 11 heteroatoms. The number of nitrogens with one attached hydrogen (secondary N) is 2. The quantitative estimate of drug-likeness (QED) is 0.557. The number of carbonyl (C=O) groups is 4. The molecule has 11 nitrogen and oxygen atoms in total. The van der Waals surface area contributed by atoms with Gasteiger partial charge in [0.05, 0.1) is 13.7 Å². The van der Waals surface area contributed by atoms with Crippen LogP contribution in [0.25, 0.3) is 6.08 Å². The second kappa shape index (κ2) is 9.42. The molecule has 202 valence electrons. The molecule has 0 saturated carbocycles. The molecular formula is C28H29N5O6. The minimum Gasteiger partial charge on any atom is -0.497 e. The minimum absolute atomic E-state index is 0.0210. The van der Waals surface area contributed by atoms with Gasteiger partial charge in [0.25, 0.3) is 17.7 Å². The number of rotatable bonds is 5. The summed E-state index contributed by atoms with van der Waals surface area (Å²) in [7, 11) is 3.57. The molecule has 0 bridgehead atoms. The van der Waals surface area contributed by atoms with Crippen LogP contribution in [0.15, 0.2) is 46.4 Å². The van der Waals surface area contributed by atoms with Gasteiger partial charge in [-0.1, -0.05) is 12.1 Å². The number of allylic oxidation sites excluding steroid dienone is 1. The van der Waals surface area contributed by atoms with Gasteiger partial charge in [0, 0.05) is 49.4 Å². The summed E-state index contributed by atoms with van der Waals surface area (Å²) in [6.07, 6.45) is 5.72. The number of hydrogen-bond donors (Lipinski definition) is 2. The van der Waals surface area contributed by atoms with Crippen molar-refractivity contribution in [2.75, 3.05) is 46.9 Å². The monoisotopic (exact) mass is 531 g/mol. The number of urea groups is 1. The van der Waals surface area contributed by atoms with Gasteiger partial charge in [0.15, 0.2) is 5.54 Å². The van der Waals surface area contributed by atoms with Crippen LogP contribution in [0.2, 0.25) is 0 Å². The second-order valence-corrected chi connectivity index (χ2v) is 10.3. The standard InChI is InChI=1S/C28H29N5O6/c1-31-9-11-32(12-10-31)24(34)17-3-4-18-13-23(39-22(18)8-6-17)28(26(36)29-27(37)30-28)16-33-15-19-5-7-20(38-2)14-21(19)25(33)35/h3,5-8,13-14H,4,9-12,15-16H2,1-2H3,(H2,29,30,36,37)/t28-/m0/s1. The fraction of sp³-hybridized carbons (Fsp3) is 0.357. The van der Waals surface area contributed by atoms with E-state index in [-0.39, 0.29) is 30.7 Å². The number of methoxy groups -OCH3 is 1. The van der Waals surface area contributed by atoms with Gasteiger partial charge in [-0.3, -0.25) is 19.7 Å². The Kier molecular flexibility index (Phi) is 6.02. The van der Waals surface area contributed by atoms with Crippen molar-refractivity contribution in [1.82, 2.24) is 25.3 Å². The number of piperazine rings is 1. The maximum Gasteiger partial charge on any atom is 0.322 e. The topological polar surface area (TPSA) is 124 Å². The molecule has 1 atom stereocenters. The molecule has 1 aromatic heterocycles. The van der Waals surface area contributed by atoms with Gasteiger partial charge in [-0.25, -0.2) is 4.79 Å². The third-order valence-electron chi connectivity index (χ3n) is 7.82. The summed E-state index contributed by atoms with van der Waals surface area (Å²) in [5, 5.41) is 5.01. The molecule has 2 fully saturated rings. The first-order chi connectivity index (χ1) is 18.8. The predicted octanol–water partition coefficient (Wildman–Crippen LogP) is 1.25. The lowest BCUT2D eigenvalue weighted by atomic mass is 9.94. The maximum absolute atomic E-state index is 13.2. The molecule has 2 N–H and O–H groups in total. The summed E-state index contributed by atoms with van der Waals surface area (Å²) < 4.78 is 11.4. The van der Waals surface area contributed by atoms with E-state index in [1.54, 1.807) is 30.4 Å². The van der Waals surface area contributed by atoms with Crippen molar-refractivity contribution in [2.24, 2.45) is 0 Å². The average Bonchev–Trinajstić information content (AvgIpc) is 3.52. The summed E-state index contributed by atoms with van der Waals surface area (Å²) in [4.78, 5) is 57.4. The molecule has 5 amide bonds. The lowest BCUT2D eigenvalue weighted by Gasteiger charge is -2.32. The van der Waals surface area contributed by atoms with E-state index >= 15 is 0 Å². The molecule has 0 radical (unpaired) electrons. The first kappa shape index (κ1) is 24.9. The SMILES string of the molecule is COc1ccc2c(c1)C(=O)N(C[C@@]1(c3cc4c(o3)C=CC(C(=O)N3CCN(C)CC3)=CC4)NC(=O)NC1=O)C2. The van der Waals surface area contributed by atoms with Crippen LogP contribution in [0.3, 0.4) is 0 Å². The van der Waals surface area contributed by atoms with Crippen LogP contribution in [0, 0.1) is 0 Å². The van der Waals surface area contributed by atoms with E-state index in [1.807, 2.05) is 24.1 Å². The van der Waals surface area contributed by atoms with Crippen molar-refractivity contribution in [3.63, 3.8) is 0 Å². The Morgan fingerprint density at radius 3 is 2.59 bits per heavy atom. The summed E-state index contributed by atoms with van der Waals surface area (Å²) in [6, 6.07) is 6.33. The van der Waals surface area contributed by atoms with E-state index in [2.05, 4.69) is 15.5 Å². The number of imide groups is 1. The molecule has 0 spiro atoms. The van der Waals surface area contributed by atoms with Crippen molar-refractivity contribution in [3.8, 4) is 5.75 Å². The zero-order valence-electron chi connectivity index (χ0n) is 21.8. The number of nitrogens with zero attached hydrogens (tertiary/aromatic N) is 3. The van der Waals surface area contributed by atoms with Crippen molar-refractivity contribution in [1.29, 1.82) is 0 Å². The third-order valence-corrected chi connectivity index (χ3v) is 7.82. The number of carbonyl (C=O) groups excluding carboxylic acids is 4. The van der Waals surface area contributed by atoms with E-state index < -0.39 is 17.5 Å². The highest BCUT2D eigenvalue weighted by Crippen LogP contribution is 2.35. The van der Waals surface area contributed by atoms with Crippen LogP contribution in [0.5, 0.6) is 5.75 Å². The van der Waals surface area contributed by atoms with Crippen LogP contribution >= 0.6 is 0 Å². The number of likely N-dealkylation sites (N-methyl/N-ethyl adjacent to an activating group) is 1. The van der Waals surface area contributed by atoms with Crippen LogP contribution in [-0.2, 0) is 28.1 Å². The molecular weight excluding hydrogens is 502 g/mol. The largest absolute Gasteiger partial charge is 0.497 e. The Labute approximate surface area is 225 Å². The van der Waals surface area contributed by atoms with Gasteiger partial charge in [-0.05, 0) is 49.4 Å². The van der Waals surface area contributed by atoms with Crippen molar-refractivity contribution in [2.45, 2.75) is 18.5 Å². The highest BCUT2D eigenvalue weighted by atomic mass is 16.5. The van der Waals surface area contributed by atoms with Gasteiger partial charge >= 0.3 is 6.03 Å². The second-order valence-electron chi connectivity index (χ2n) is 10.3.